The van der Waals surface area contributed by atoms with Crippen LogP contribution in [0.25, 0.3) is 0 Å². The number of rotatable bonds is 5. The predicted octanol–water partition coefficient (Wildman–Crippen LogP) is 3.65. The van der Waals surface area contributed by atoms with E-state index in [0.717, 1.165) is 36.4 Å². The van der Waals surface area contributed by atoms with Crippen molar-refractivity contribution < 1.29 is 9.53 Å². The summed E-state index contributed by atoms with van der Waals surface area (Å²) < 4.78 is 5.90. The molecule has 0 saturated carbocycles. The Morgan fingerprint density at radius 3 is 2.59 bits per heavy atom. The van der Waals surface area contributed by atoms with E-state index in [0.29, 0.717) is 5.92 Å². The summed E-state index contributed by atoms with van der Waals surface area (Å²) in [6.07, 6.45) is 2.02. The third kappa shape index (κ3) is 3.12. The molecule has 0 bridgehead atoms. The van der Waals surface area contributed by atoms with Gasteiger partial charge in [0, 0.05) is 12.6 Å². The highest BCUT2D eigenvalue weighted by Gasteiger charge is 2.40. The molecule has 4 heteroatoms. The molecule has 2 rings (SSSR count). The molecule has 22 heavy (non-hydrogen) atoms. The second-order valence-corrected chi connectivity index (χ2v) is 6.92. The summed E-state index contributed by atoms with van der Waals surface area (Å²) in [5, 5.41) is 0. The van der Waals surface area contributed by atoms with Crippen molar-refractivity contribution in [2.45, 2.75) is 59.1 Å². The minimum Gasteiger partial charge on any atom is -0.476 e. The van der Waals surface area contributed by atoms with Gasteiger partial charge in [0.2, 0.25) is 0 Å². The summed E-state index contributed by atoms with van der Waals surface area (Å²) in [5.41, 5.74) is 7.34. The number of nitrogens with zero attached hydrogens (tertiary/aromatic N) is 1. The molecule has 4 nitrogen and oxygen atoms in total. The number of anilines is 1. The molecule has 0 radical (unpaired) electrons. The number of nitrogens with two attached hydrogens (primary N) is 1. The number of hydrogen-bond donors (Lipinski definition) is 1. The van der Waals surface area contributed by atoms with E-state index in [1.165, 1.54) is 0 Å². The molecule has 0 spiro atoms. The standard InChI is InChI=1S/C18H28N2O2/c1-6-7-10-20-14-11-13(16(19)12(2)3)8-9-15(14)22-18(4,5)17(20)21/h8-9,11-12,16H,6-7,10,19H2,1-5H3. The van der Waals surface area contributed by atoms with Crippen LogP contribution in [-0.2, 0) is 4.79 Å². The van der Waals surface area contributed by atoms with Crippen molar-refractivity contribution >= 4 is 11.6 Å². The molecule has 1 unspecified atom stereocenters. The molecule has 1 aromatic rings. The van der Waals surface area contributed by atoms with E-state index in [4.69, 9.17) is 10.5 Å². The van der Waals surface area contributed by atoms with Crippen molar-refractivity contribution in [1.29, 1.82) is 0 Å². The third-order valence-electron chi connectivity index (χ3n) is 4.24. The quantitative estimate of drug-likeness (QED) is 0.903. The molecule has 1 aliphatic rings. The Morgan fingerprint density at radius 2 is 2.00 bits per heavy atom. The summed E-state index contributed by atoms with van der Waals surface area (Å²) >= 11 is 0. The lowest BCUT2D eigenvalue weighted by Gasteiger charge is -2.39. The topological polar surface area (TPSA) is 55.6 Å². The van der Waals surface area contributed by atoms with Crippen LogP contribution in [0.2, 0.25) is 0 Å². The van der Waals surface area contributed by atoms with E-state index in [1.807, 2.05) is 36.9 Å². The largest absolute Gasteiger partial charge is 0.476 e. The monoisotopic (exact) mass is 304 g/mol. The Morgan fingerprint density at radius 1 is 1.32 bits per heavy atom. The maximum Gasteiger partial charge on any atom is 0.270 e. The number of benzene rings is 1. The van der Waals surface area contributed by atoms with E-state index < -0.39 is 5.60 Å². The number of fused-ring (bicyclic) bond motifs is 1. The first kappa shape index (κ1) is 16.8. The third-order valence-corrected chi connectivity index (χ3v) is 4.24. The highest BCUT2D eigenvalue weighted by molar-refractivity contribution is 6.02. The van der Waals surface area contributed by atoms with Crippen LogP contribution in [0.3, 0.4) is 0 Å². The molecule has 1 amide bonds. The van der Waals surface area contributed by atoms with Crippen molar-refractivity contribution in [3.8, 4) is 5.75 Å². The zero-order valence-corrected chi connectivity index (χ0v) is 14.3. The van der Waals surface area contributed by atoms with Crippen LogP contribution < -0.4 is 15.4 Å². The van der Waals surface area contributed by atoms with Crippen molar-refractivity contribution in [2.24, 2.45) is 11.7 Å². The lowest BCUT2D eigenvalue weighted by molar-refractivity contribution is -0.132. The van der Waals surface area contributed by atoms with Crippen LogP contribution in [0.1, 0.15) is 59.1 Å². The number of unbranched alkanes of at least 4 members (excludes halogenated alkanes) is 1. The van der Waals surface area contributed by atoms with Crippen molar-refractivity contribution in [2.75, 3.05) is 11.4 Å². The summed E-state index contributed by atoms with van der Waals surface area (Å²) in [7, 11) is 0. The van der Waals surface area contributed by atoms with Gasteiger partial charge in [0.1, 0.15) is 5.75 Å². The molecule has 0 saturated heterocycles. The second-order valence-electron chi connectivity index (χ2n) is 6.92. The number of ether oxygens (including phenoxy) is 1. The Balaban J connectivity index is 2.44. The van der Waals surface area contributed by atoms with Crippen LogP contribution in [0.15, 0.2) is 18.2 Å². The van der Waals surface area contributed by atoms with Gasteiger partial charge in [-0.3, -0.25) is 4.79 Å². The lowest BCUT2D eigenvalue weighted by Crippen LogP contribution is -2.52. The van der Waals surface area contributed by atoms with Gasteiger partial charge in [-0.2, -0.15) is 0 Å². The van der Waals surface area contributed by atoms with Crippen molar-refractivity contribution in [3.05, 3.63) is 23.8 Å². The molecule has 1 aromatic carbocycles. The Kier molecular flexibility index (Phi) is 4.81. The van der Waals surface area contributed by atoms with E-state index >= 15 is 0 Å². The molecule has 0 fully saturated rings. The Labute approximate surface area is 133 Å². The summed E-state index contributed by atoms with van der Waals surface area (Å²) in [5.74, 6) is 1.13. The molecule has 1 aliphatic heterocycles. The zero-order chi connectivity index (χ0) is 16.5. The highest BCUT2D eigenvalue weighted by Crippen LogP contribution is 2.39. The molecular weight excluding hydrogens is 276 g/mol. The molecule has 2 N–H and O–H groups in total. The second kappa shape index (κ2) is 6.29. The van der Waals surface area contributed by atoms with Crippen molar-refractivity contribution in [3.63, 3.8) is 0 Å². The molecule has 122 valence electrons. The Hall–Kier alpha value is -1.55. The number of amides is 1. The molecule has 0 aliphatic carbocycles. The molecule has 1 heterocycles. The first-order valence-electron chi connectivity index (χ1n) is 8.18. The van der Waals surface area contributed by atoms with Gasteiger partial charge in [0.15, 0.2) is 5.60 Å². The van der Waals surface area contributed by atoms with E-state index in [1.54, 1.807) is 0 Å². The van der Waals surface area contributed by atoms with E-state index in [-0.39, 0.29) is 11.9 Å². The summed E-state index contributed by atoms with van der Waals surface area (Å²) in [6.45, 7) is 10.7. The van der Waals surface area contributed by atoms with E-state index in [2.05, 4.69) is 20.8 Å². The maximum atomic E-state index is 12.7. The number of carbonyl (C=O) groups is 1. The molecular formula is C18H28N2O2. The fourth-order valence-electron chi connectivity index (χ4n) is 2.72. The average molecular weight is 304 g/mol. The molecule has 1 atom stereocenters. The smallest absolute Gasteiger partial charge is 0.270 e. The first-order chi connectivity index (χ1) is 10.3. The number of carbonyl (C=O) groups excluding carboxylic acids is 1. The average Bonchev–Trinajstić information content (AvgIpc) is 2.46. The van der Waals surface area contributed by atoms with Crippen LogP contribution in [0.5, 0.6) is 5.75 Å². The summed E-state index contributed by atoms with van der Waals surface area (Å²) in [6, 6.07) is 5.93. The zero-order valence-electron chi connectivity index (χ0n) is 14.3. The fourth-order valence-corrected chi connectivity index (χ4v) is 2.72. The van der Waals surface area contributed by atoms with Crippen LogP contribution in [0.4, 0.5) is 5.69 Å². The van der Waals surface area contributed by atoms with Gasteiger partial charge in [-0.25, -0.2) is 0 Å². The van der Waals surface area contributed by atoms with Gasteiger partial charge in [0.25, 0.3) is 5.91 Å². The maximum absolute atomic E-state index is 12.7. The predicted molar refractivity (Wildman–Crippen MR) is 90.2 cm³/mol. The molecule has 0 aromatic heterocycles. The van der Waals surface area contributed by atoms with Gasteiger partial charge >= 0.3 is 0 Å². The van der Waals surface area contributed by atoms with Crippen LogP contribution in [0, 0.1) is 5.92 Å². The van der Waals surface area contributed by atoms with Gasteiger partial charge < -0.3 is 15.4 Å². The van der Waals surface area contributed by atoms with E-state index in [9.17, 15) is 4.79 Å². The lowest BCUT2D eigenvalue weighted by atomic mass is 9.95. The van der Waals surface area contributed by atoms with Gasteiger partial charge in [-0.15, -0.1) is 0 Å². The summed E-state index contributed by atoms with van der Waals surface area (Å²) in [4.78, 5) is 14.6. The SMILES string of the molecule is CCCCN1C(=O)C(C)(C)Oc2ccc(C(N)C(C)C)cc21. The fraction of sp³-hybridized carbons (Fsp3) is 0.611. The van der Waals surface area contributed by atoms with Crippen molar-refractivity contribution in [1.82, 2.24) is 0 Å². The minimum atomic E-state index is -0.817. The van der Waals surface area contributed by atoms with Gasteiger partial charge in [0.05, 0.1) is 5.69 Å². The van der Waals surface area contributed by atoms with Gasteiger partial charge in [-0.05, 0) is 43.9 Å². The van der Waals surface area contributed by atoms with Crippen LogP contribution >= 0.6 is 0 Å². The Bertz CT molecular complexity index is 552. The first-order valence-corrected chi connectivity index (χ1v) is 8.18. The van der Waals surface area contributed by atoms with Gasteiger partial charge in [-0.1, -0.05) is 33.3 Å². The highest BCUT2D eigenvalue weighted by atomic mass is 16.5. The normalized spacial score (nSPS) is 18.1. The minimum absolute atomic E-state index is 0.0173. The van der Waals surface area contributed by atoms with Crippen LogP contribution in [-0.4, -0.2) is 18.1 Å². The number of hydrogen-bond acceptors (Lipinski definition) is 3.